The number of hydrogen-bond donors (Lipinski definition) is 2. The minimum Gasteiger partial charge on any atom is -0.465 e. The molecule has 0 aromatic carbocycles. The maximum atomic E-state index is 12.4. The van der Waals surface area contributed by atoms with E-state index in [0.29, 0.717) is 16.1 Å². The Balaban J connectivity index is 0.00000312. The number of halogens is 1. The van der Waals surface area contributed by atoms with Gasteiger partial charge in [0, 0.05) is 18.8 Å². The highest BCUT2D eigenvalue weighted by Crippen LogP contribution is 2.26. The lowest BCUT2D eigenvalue weighted by atomic mass is 10.1. The van der Waals surface area contributed by atoms with E-state index < -0.39 is 6.04 Å². The summed E-state index contributed by atoms with van der Waals surface area (Å²) in [4.78, 5) is 23.7. The molecule has 1 atom stereocenters. The number of ether oxygens (including phenoxy) is 1. The number of aromatic nitrogens is 4. The molecule has 1 unspecified atom stereocenters. The average Bonchev–Trinajstić information content (AvgIpc) is 3.16. The van der Waals surface area contributed by atoms with Crippen LogP contribution in [-0.2, 0) is 21.4 Å². The molecule has 12 heteroatoms. The van der Waals surface area contributed by atoms with Crippen LogP contribution in [0.15, 0.2) is 16.7 Å². The Morgan fingerprint density at radius 3 is 2.80 bits per heavy atom. The second kappa shape index (κ2) is 10.3. The Hall–Kier alpha value is -1.69. The zero-order valence-electron chi connectivity index (χ0n) is 13.9. The topological polar surface area (TPSA) is 111 Å². The molecule has 9 nitrogen and oxygen atoms in total. The molecule has 0 saturated carbocycles. The summed E-state index contributed by atoms with van der Waals surface area (Å²) in [5, 5.41) is 17.9. The monoisotopic (exact) mass is 406 g/mol. The van der Waals surface area contributed by atoms with Crippen LogP contribution in [0.4, 0.5) is 5.13 Å². The first-order valence-electron chi connectivity index (χ1n) is 7.12. The van der Waals surface area contributed by atoms with E-state index >= 15 is 0 Å². The molecule has 25 heavy (non-hydrogen) atoms. The lowest BCUT2D eigenvalue weighted by Gasteiger charge is -2.12. The molecular weight excluding hydrogens is 388 g/mol. The lowest BCUT2D eigenvalue weighted by Crippen LogP contribution is -2.30. The van der Waals surface area contributed by atoms with Gasteiger partial charge >= 0.3 is 5.97 Å². The third-order valence-corrected chi connectivity index (χ3v) is 4.81. The summed E-state index contributed by atoms with van der Waals surface area (Å²) in [5.74, 6) is -0.413. The number of esters is 1. The van der Waals surface area contributed by atoms with Crippen LogP contribution in [0.1, 0.15) is 18.5 Å². The van der Waals surface area contributed by atoms with Crippen molar-refractivity contribution in [3.8, 4) is 0 Å². The van der Waals surface area contributed by atoms with E-state index in [1.165, 1.54) is 23.1 Å². The second-order valence-electron chi connectivity index (χ2n) is 4.63. The quantitative estimate of drug-likeness (QED) is 0.382. The van der Waals surface area contributed by atoms with Crippen LogP contribution >= 0.6 is 35.5 Å². The normalized spacial score (nSPS) is 11.5. The highest BCUT2D eigenvalue weighted by molar-refractivity contribution is 8.01. The van der Waals surface area contributed by atoms with Crippen molar-refractivity contribution in [3.05, 3.63) is 18.0 Å². The molecule has 0 bridgehead atoms. The number of nitrogens with one attached hydrogen (secondary N) is 2. The van der Waals surface area contributed by atoms with Gasteiger partial charge in [0.15, 0.2) is 4.34 Å². The number of nitrogens with zero attached hydrogens (tertiary/aromatic N) is 4. The standard InChI is InChI=1S/C13H18N6O3S2.ClH/c1-4-22-9(20)7-23-13-18-17-12(24-13)16-11(21)10(14-2)8-5-15-19(3)6-8;/h5-6,10,14H,4,7H2,1-3H3,(H,16,17,21);1H. The fourth-order valence-electron chi connectivity index (χ4n) is 1.86. The summed E-state index contributed by atoms with van der Waals surface area (Å²) in [6.07, 6.45) is 3.39. The van der Waals surface area contributed by atoms with Crippen LogP contribution in [0.2, 0.25) is 0 Å². The van der Waals surface area contributed by atoms with Crippen molar-refractivity contribution in [1.82, 2.24) is 25.3 Å². The number of aryl methyl sites for hydroxylation is 1. The zero-order chi connectivity index (χ0) is 17.5. The summed E-state index contributed by atoms with van der Waals surface area (Å²) in [6, 6.07) is -0.543. The highest BCUT2D eigenvalue weighted by Gasteiger charge is 2.21. The van der Waals surface area contributed by atoms with Gasteiger partial charge in [-0.15, -0.1) is 22.6 Å². The van der Waals surface area contributed by atoms with Crippen LogP contribution in [0.25, 0.3) is 0 Å². The van der Waals surface area contributed by atoms with Gasteiger partial charge in [-0.1, -0.05) is 23.1 Å². The fourth-order valence-corrected chi connectivity index (χ4v) is 3.41. The van der Waals surface area contributed by atoms with Crippen molar-refractivity contribution in [3.63, 3.8) is 0 Å². The van der Waals surface area contributed by atoms with Crippen molar-refractivity contribution >= 4 is 52.5 Å². The van der Waals surface area contributed by atoms with Gasteiger partial charge in [-0.25, -0.2) is 0 Å². The van der Waals surface area contributed by atoms with Crippen molar-refractivity contribution < 1.29 is 14.3 Å². The smallest absolute Gasteiger partial charge is 0.316 e. The van der Waals surface area contributed by atoms with Crippen LogP contribution < -0.4 is 10.6 Å². The van der Waals surface area contributed by atoms with Crippen molar-refractivity contribution in [2.24, 2.45) is 7.05 Å². The molecule has 1 amide bonds. The molecule has 2 aromatic rings. The largest absolute Gasteiger partial charge is 0.465 e. The molecule has 2 heterocycles. The molecule has 138 valence electrons. The zero-order valence-corrected chi connectivity index (χ0v) is 16.3. The molecule has 0 saturated heterocycles. The van der Waals surface area contributed by atoms with E-state index in [1.807, 2.05) is 0 Å². The minimum atomic E-state index is -0.543. The third-order valence-electron chi connectivity index (χ3n) is 2.86. The molecule has 0 spiro atoms. The van der Waals surface area contributed by atoms with Gasteiger partial charge in [0.2, 0.25) is 11.0 Å². The number of rotatable bonds is 8. The number of thioether (sulfide) groups is 1. The first-order valence-corrected chi connectivity index (χ1v) is 8.92. The summed E-state index contributed by atoms with van der Waals surface area (Å²) < 4.78 is 7.05. The number of carbonyl (C=O) groups is 2. The maximum absolute atomic E-state index is 12.4. The molecule has 2 rings (SSSR count). The van der Waals surface area contributed by atoms with Gasteiger partial charge < -0.3 is 10.1 Å². The van der Waals surface area contributed by atoms with Gasteiger partial charge in [-0.2, -0.15) is 5.10 Å². The average molecular weight is 407 g/mol. The van der Waals surface area contributed by atoms with Gasteiger partial charge in [0.1, 0.15) is 6.04 Å². The number of anilines is 1. The third kappa shape index (κ3) is 6.27. The summed E-state index contributed by atoms with van der Waals surface area (Å²) >= 11 is 2.42. The van der Waals surface area contributed by atoms with Crippen molar-refractivity contribution in [2.45, 2.75) is 17.3 Å². The Labute approximate surface area is 159 Å². The van der Waals surface area contributed by atoms with Gasteiger partial charge in [0.05, 0.1) is 18.6 Å². The Morgan fingerprint density at radius 2 is 2.20 bits per heavy atom. The summed E-state index contributed by atoms with van der Waals surface area (Å²) in [5.41, 5.74) is 0.749. The number of likely N-dealkylation sites (N-methyl/N-ethyl adjacent to an activating group) is 1. The highest BCUT2D eigenvalue weighted by atomic mass is 35.5. The molecule has 0 fully saturated rings. The van der Waals surface area contributed by atoms with Crippen LogP contribution in [0.5, 0.6) is 0 Å². The van der Waals surface area contributed by atoms with Crippen LogP contribution in [0, 0.1) is 0 Å². The summed E-state index contributed by atoms with van der Waals surface area (Å²) in [7, 11) is 3.48. The molecule has 0 aliphatic heterocycles. The number of carbonyl (C=O) groups excluding carboxylic acids is 2. The molecule has 2 aromatic heterocycles. The summed E-state index contributed by atoms with van der Waals surface area (Å²) in [6.45, 7) is 2.10. The first-order chi connectivity index (χ1) is 11.5. The Bertz CT molecular complexity index is 708. The molecule has 0 radical (unpaired) electrons. The number of amides is 1. The Kier molecular flexibility index (Phi) is 8.83. The van der Waals surface area contributed by atoms with E-state index in [1.54, 1.807) is 38.1 Å². The van der Waals surface area contributed by atoms with Crippen LogP contribution in [-0.4, -0.2) is 51.3 Å². The lowest BCUT2D eigenvalue weighted by molar-refractivity contribution is -0.139. The van der Waals surface area contributed by atoms with Gasteiger partial charge in [0.25, 0.3) is 0 Å². The van der Waals surface area contributed by atoms with E-state index in [4.69, 9.17) is 4.74 Å². The van der Waals surface area contributed by atoms with E-state index in [0.717, 1.165) is 5.56 Å². The molecule has 2 N–H and O–H groups in total. The van der Waals surface area contributed by atoms with Gasteiger partial charge in [-0.05, 0) is 14.0 Å². The fraction of sp³-hybridized carbons (Fsp3) is 0.462. The number of hydrogen-bond acceptors (Lipinski definition) is 9. The Morgan fingerprint density at radius 1 is 1.44 bits per heavy atom. The molecular formula is C13H19ClN6O3S2. The van der Waals surface area contributed by atoms with Crippen molar-refractivity contribution in [2.75, 3.05) is 24.7 Å². The maximum Gasteiger partial charge on any atom is 0.316 e. The predicted octanol–water partition coefficient (Wildman–Crippen LogP) is 1.25. The molecule has 0 aliphatic rings. The molecule has 0 aliphatic carbocycles. The van der Waals surface area contributed by atoms with E-state index in [-0.39, 0.29) is 30.0 Å². The minimum absolute atomic E-state index is 0. The van der Waals surface area contributed by atoms with Crippen LogP contribution in [0.3, 0.4) is 0 Å². The van der Waals surface area contributed by atoms with E-state index in [2.05, 4.69) is 25.9 Å². The first kappa shape index (κ1) is 21.4. The van der Waals surface area contributed by atoms with Gasteiger partial charge in [-0.3, -0.25) is 19.6 Å². The second-order valence-corrected chi connectivity index (χ2v) is 6.83. The predicted molar refractivity (Wildman–Crippen MR) is 98.2 cm³/mol. The van der Waals surface area contributed by atoms with Crippen molar-refractivity contribution in [1.29, 1.82) is 0 Å². The SMILES string of the molecule is CCOC(=O)CSc1nnc(NC(=O)C(NC)c2cnn(C)c2)s1.Cl. The van der Waals surface area contributed by atoms with E-state index in [9.17, 15) is 9.59 Å².